The molecular formula is C26H28N4S. The van der Waals surface area contributed by atoms with E-state index in [1.807, 2.05) is 12.1 Å². The Morgan fingerprint density at radius 1 is 0.774 bits per heavy atom. The average Bonchev–Trinajstić information content (AvgIpc) is 2.82. The van der Waals surface area contributed by atoms with Gasteiger partial charge in [0.2, 0.25) is 0 Å². The van der Waals surface area contributed by atoms with Gasteiger partial charge in [0.1, 0.15) is 0 Å². The van der Waals surface area contributed by atoms with E-state index in [9.17, 15) is 0 Å². The molecule has 0 aliphatic heterocycles. The fourth-order valence-corrected chi connectivity index (χ4v) is 4.16. The Morgan fingerprint density at radius 3 is 1.90 bits per heavy atom. The number of hydrazone groups is 1. The van der Waals surface area contributed by atoms with Crippen molar-refractivity contribution in [3.8, 4) is 0 Å². The van der Waals surface area contributed by atoms with Crippen molar-refractivity contribution >= 4 is 40.6 Å². The third kappa shape index (κ3) is 5.92. The van der Waals surface area contributed by atoms with Crippen LogP contribution in [0.2, 0.25) is 0 Å². The van der Waals surface area contributed by atoms with E-state index in [1.165, 1.54) is 32.1 Å². The standard InChI is InChI=1S/C26H28N4S/c31-26(28-22-10-4-1-5-11-22)29-27-20-21-16-18-25(19-17-21)30(23-12-6-2-7-13-23)24-14-8-3-9-15-24/h2-3,6-9,12-20,22H,1,4-5,10-11H2,(H2,28,29,31). The van der Waals surface area contributed by atoms with Gasteiger partial charge in [-0.1, -0.05) is 67.8 Å². The van der Waals surface area contributed by atoms with E-state index in [2.05, 4.69) is 93.5 Å². The smallest absolute Gasteiger partial charge is 0.187 e. The molecule has 3 aromatic rings. The molecule has 1 saturated carbocycles. The topological polar surface area (TPSA) is 39.7 Å². The highest BCUT2D eigenvalue weighted by molar-refractivity contribution is 7.80. The molecule has 3 aromatic carbocycles. The Labute approximate surface area is 190 Å². The largest absolute Gasteiger partial charge is 0.359 e. The van der Waals surface area contributed by atoms with Crippen LogP contribution in [0, 0.1) is 0 Å². The van der Waals surface area contributed by atoms with E-state index in [0.29, 0.717) is 11.2 Å². The number of hydrogen-bond donors (Lipinski definition) is 2. The predicted molar refractivity (Wildman–Crippen MR) is 134 cm³/mol. The molecule has 4 nitrogen and oxygen atoms in total. The maximum Gasteiger partial charge on any atom is 0.187 e. The van der Waals surface area contributed by atoms with Crippen LogP contribution >= 0.6 is 12.2 Å². The molecule has 0 aromatic heterocycles. The summed E-state index contributed by atoms with van der Waals surface area (Å²) in [6, 6.07) is 29.6. The normalized spacial score (nSPS) is 14.3. The van der Waals surface area contributed by atoms with Crippen molar-refractivity contribution in [1.82, 2.24) is 10.7 Å². The first-order chi connectivity index (χ1) is 15.3. The lowest BCUT2D eigenvalue weighted by Gasteiger charge is -2.25. The molecule has 5 heteroatoms. The molecule has 158 valence electrons. The molecule has 1 fully saturated rings. The Balaban J connectivity index is 1.42. The molecule has 0 heterocycles. The molecule has 2 N–H and O–H groups in total. The molecule has 0 bridgehead atoms. The van der Waals surface area contributed by atoms with Gasteiger partial charge in [0.25, 0.3) is 0 Å². The van der Waals surface area contributed by atoms with Gasteiger partial charge in [0.15, 0.2) is 5.11 Å². The second-order valence-corrected chi connectivity index (χ2v) is 8.18. The van der Waals surface area contributed by atoms with Crippen LogP contribution in [0.4, 0.5) is 17.1 Å². The highest BCUT2D eigenvalue weighted by Gasteiger charge is 2.13. The van der Waals surface area contributed by atoms with Gasteiger partial charge in [-0.05, 0) is 67.0 Å². The van der Waals surface area contributed by atoms with Crippen molar-refractivity contribution < 1.29 is 0 Å². The maximum atomic E-state index is 5.37. The molecular weight excluding hydrogens is 400 g/mol. The van der Waals surface area contributed by atoms with Gasteiger partial charge in [-0.3, -0.25) is 5.43 Å². The van der Waals surface area contributed by atoms with Crippen LogP contribution in [0.25, 0.3) is 0 Å². The van der Waals surface area contributed by atoms with Crippen molar-refractivity contribution in [2.45, 2.75) is 38.1 Å². The molecule has 0 unspecified atom stereocenters. The summed E-state index contributed by atoms with van der Waals surface area (Å²) < 4.78 is 0. The lowest BCUT2D eigenvalue weighted by Crippen LogP contribution is -2.40. The molecule has 4 rings (SSSR count). The summed E-state index contributed by atoms with van der Waals surface area (Å²) in [5.41, 5.74) is 7.30. The highest BCUT2D eigenvalue weighted by Crippen LogP contribution is 2.33. The molecule has 31 heavy (non-hydrogen) atoms. The zero-order chi connectivity index (χ0) is 21.3. The van der Waals surface area contributed by atoms with E-state index in [4.69, 9.17) is 12.2 Å². The van der Waals surface area contributed by atoms with E-state index < -0.39 is 0 Å². The van der Waals surface area contributed by atoms with Gasteiger partial charge in [0.05, 0.1) is 6.21 Å². The fraction of sp³-hybridized carbons (Fsp3) is 0.231. The van der Waals surface area contributed by atoms with Crippen molar-refractivity contribution in [1.29, 1.82) is 0 Å². The number of benzene rings is 3. The Bertz CT molecular complexity index is 941. The summed E-state index contributed by atoms with van der Waals surface area (Å²) in [4.78, 5) is 2.24. The first kappa shape index (κ1) is 21.1. The predicted octanol–water partition coefficient (Wildman–Crippen LogP) is 6.29. The minimum atomic E-state index is 0.477. The molecule has 0 atom stereocenters. The zero-order valence-electron chi connectivity index (χ0n) is 17.6. The van der Waals surface area contributed by atoms with Gasteiger partial charge >= 0.3 is 0 Å². The van der Waals surface area contributed by atoms with E-state index in [1.54, 1.807) is 6.21 Å². The van der Waals surface area contributed by atoms with Crippen LogP contribution in [-0.4, -0.2) is 17.4 Å². The lowest BCUT2D eigenvalue weighted by atomic mass is 9.96. The minimum absolute atomic E-state index is 0.477. The Kier molecular flexibility index (Phi) is 7.29. The quantitative estimate of drug-likeness (QED) is 0.275. The van der Waals surface area contributed by atoms with Crippen molar-refractivity contribution in [3.05, 3.63) is 90.5 Å². The monoisotopic (exact) mass is 428 g/mol. The second-order valence-electron chi connectivity index (χ2n) is 7.78. The van der Waals surface area contributed by atoms with Crippen LogP contribution in [0.5, 0.6) is 0 Å². The van der Waals surface area contributed by atoms with Gasteiger partial charge in [0, 0.05) is 23.1 Å². The van der Waals surface area contributed by atoms with E-state index in [0.717, 1.165) is 22.6 Å². The van der Waals surface area contributed by atoms with Gasteiger partial charge < -0.3 is 10.2 Å². The summed E-state index contributed by atoms with van der Waals surface area (Å²) in [6.07, 6.45) is 8.06. The third-order valence-corrected chi connectivity index (χ3v) is 5.71. The van der Waals surface area contributed by atoms with Gasteiger partial charge in [-0.25, -0.2) is 0 Å². The van der Waals surface area contributed by atoms with Crippen LogP contribution in [-0.2, 0) is 0 Å². The van der Waals surface area contributed by atoms with Gasteiger partial charge in [-0.15, -0.1) is 0 Å². The fourth-order valence-electron chi connectivity index (χ4n) is 3.94. The Hall–Kier alpha value is -3.18. The molecule has 0 amide bonds. The van der Waals surface area contributed by atoms with Crippen LogP contribution < -0.4 is 15.6 Å². The molecule has 0 spiro atoms. The van der Waals surface area contributed by atoms with Crippen molar-refractivity contribution in [3.63, 3.8) is 0 Å². The summed E-state index contributed by atoms with van der Waals surface area (Å²) in [5, 5.41) is 8.27. The first-order valence-corrected chi connectivity index (χ1v) is 11.3. The number of nitrogens with one attached hydrogen (secondary N) is 2. The lowest BCUT2D eigenvalue weighted by molar-refractivity contribution is 0.412. The molecule has 1 aliphatic carbocycles. The number of para-hydroxylation sites is 2. The Morgan fingerprint density at radius 2 is 1.32 bits per heavy atom. The SMILES string of the molecule is S=C(NN=Cc1ccc(N(c2ccccc2)c2ccccc2)cc1)NC1CCCCC1. The number of nitrogens with zero attached hydrogens (tertiary/aromatic N) is 2. The minimum Gasteiger partial charge on any atom is -0.359 e. The molecule has 0 saturated heterocycles. The van der Waals surface area contributed by atoms with Crippen molar-refractivity contribution in [2.24, 2.45) is 5.10 Å². The average molecular weight is 429 g/mol. The second kappa shape index (κ2) is 10.7. The van der Waals surface area contributed by atoms with Crippen LogP contribution in [0.15, 0.2) is 90.0 Å². The maximum absolute atomic E-state index is 5.37. The summed E-state index contributed by atoms with van der Waals surface area (Å²) >= 11 is 5.37. The first-order valence-electron chi connectivity index (χ1n) is 10.9. The third-order valence-electron chi connectivity index (χ3n) is 5.50. The van der Waals surface area contributed by atoms with E-state index in [-0.39, 0.29) is 0 Å². The highest BCUT2D eigenvalue weighted by atomic mass is 32.1. The van der Waals surface area contributed by atoms with Crippen LogP contribution in [0.1, 0.15) is 37.7 Å². The molecule has 1 aliphatic rings. The number of rotatable bonds is 6. The molecule has 0 radical (unpaired) electrons. The summed E-state index contributed by atoms with van der Waals surface area (Å²) in [5.74, 6) is 0. The number of thiocarbonyl (C=S) groups is 1. The summed E-state index contributed by atoms with van der Waals surface area (Å²) in [6.45, 7) is 0. The van der Waals surface area contributed by atoms with Crippen LogP contribution in [0.3, 0.4) is 0 Å². The van der Waals surface area contributed by atoms with Crippen molar-refractivity contribution in [2.75, 3.05) is 4.90 Å². The van der Waals surface area contributed by atoms with E-state index >= 15 is 0 Å². The van der Waals surface area contributed by atoms with Gasteiger partial charge in [-0.2, -0.15) is 5.10 Å². The number of anilines is 3. The number of hydrogen-bond acceptors (Lipinski definition) is 3. The zero-order valence-corrected chi connectivity index (χ0v) is 18.4. The summed E-state index contributed by atoms with van der Waals surface area (Å²) in [7, 11) is 0.